The Morgan fingerprint density at radius 2 is 1.75 bits per heavy atom. The van der Waals surface area contributed by atoms with Crippen LogP contribution in [0.5, 0.6) is 0 Å². The zero-order valence-corrected chi connectivity index (χ0v) is 13.3. The molecule has 0 aliphatic heterocycles. The van der Waals surface area contributed by atoms with Crippen LogP contribution < -0.4 is 0 Å². The fraction of sp³-hybridized carbons (Fsp3) is 0.947. The van der Waals surface area contributed by atoms with Crippen molar-refractivity contribution >= 4 is 5.78 Å². The number of hydrogen-bond acceptors (Lipinski definition) is 1. The highest BCUT2D eigenvalue weighted by Gasteiger charge is 2.59. The molecule has 0 radical (unpaired) electrons. The molecule has 0 aromatic rings. The summed E-state index contributed by atoms with van der Waals surface area (Å²) in [6.07, 6.45) is 13.4. The smallest absolute Gasteiger partial charge is 0.139 e. The van der Waals surface area contributed by atoms with Crippen molar-refractivity contribution in [3.63, 3.8) is 0 Å². The number of Topliss-reactive ketones (excluding diaryl/α,β-unsaturated/α-hetero) is 1. The number of fused-ring (bicyclic) bond motifs is 5. The van der Waals surface area contributed by atoms with Crippen LogP contribution in [0.3, 0.4) is 0 Å². The summed E-state index contributed by atoms with van der Waals surface area (Å²) in [6, 6.07) is 0. The molecule has 4 rings (SSSR count). The minimum Gasteiger partial charge on any atom is -0.299 e. The summed E-state index contributed by atoms with van der Waals surface area (Å²) in [5.41, 5.74) is 0.688. The molecule has 20 heavy (non-hydrogen) atoms. The van der Waals surface area contributed by atoms with E-state index >= 15 is 0 Å². The quantitative estimate of drug-likeness (QED) is 0.608. The Morgan fingerprint density at radius 3 is 2.60 bits per heavy atom. The molecule has 112 valence electrons. The lowest BCUT2D eigenvalue weighted by atomic mass is 9.45. The van der Waals surface area contributed by atoms with E-state index in [2.05, 4.69) is 13.8 Å². The lowest BCUT2D eigenvalue weighted by Gasteiger charge is -2.59. The molecule has 0 spiro atoms. The van der Waals surface area contributed by atoms with Crippen LogP contribution in [-0.4, -0.2) is 5.78 Å². The van der Waals surface area contributed by atoms with Gasteiger partial charge in [0, 0.05) is 11.8 Å². The van der Waals surface area contributed by atoms with E-state index in [1.807, 2.05) is 0 Å². The van der Waals surface area contributed by atoms with Gasteiger partial charge in [0.25, 0.3) is 0 Å². The Labute approximate surface area is 123 Å². The number of ketones is 1. The van der Waals surface area contributed by atoms with Crippen LogP contribution in [0.15, 0.2) is 0 Å². The molecule has 1 nitrogen and oxygen atoms in total. The molecule has 0 heterocycles. The molecular formula is C19H30O. The molecule has 0 amide bonds. The highest BCUT2D eigenvalue weighted by molar-refractivity contribution is 5.87. The van der Waals surface area contributed by atoms with Crippen molar-refractivity contribution in [2.45, 2.75) is 78.1 Å². The minimum absolute atomic E-state index is 0.0685. The van der Waals surface area contributed by atoms with Gasteiger partial charge in [-0.3, -0.25) is 4.79 Å². The largest absolute Gasteiger partial charge is 0.299 e. The summed E-state index contributed by atoms with van der Waals surface area (Å²) in [5, 5.41) is 0. The molecule has 1 heteroatoms. The van der Waals surface area contributed by atoms with Crippen molar-refractivity contribution in [1.82, 2.24) is 0 Å². The second kappa shape index (κ2) is 4.34. The van der Waals surface area contributed by atoms with Crippen LogP contribution >= 0.6 is 0 Å². The van der Waals surface area contributed by atoms with E-state index in [0.29, 0.717) is 11.2 Å². The summed E-state index contributed by atoms with van der Waals surface area (Å²) in [7, 11) is 0. The molecule has 4 aliphatic rings. The van der Waals surface area contributed by atoms with Gasteiger partial charge in [-0.25, -0.2) is 0 Å². The molecule has 0 unspecified atom stereocenters. The monoisotopic (exact) mass is 274 g/mol. The first-order valence-corrected chi connectivity index (χ1v) is 9.09. The van der Waals surface area contributed by atoms with E-state index in [1.54, 1.807) is 0 Å². The second-order valence-electron chi connectivity index (χ2n) is 8.82. The van der Waals surface area contributed by atoms with Crippen molar-refractivity contribution in [2.75, 3.05) is 0 Å². The van der Waals surface area contributed by atoms with E-state index < -0.39 is 0 Å². The van der Waals surface area contributed by atoms with Crippen molar-refractivity contribution in [1.29, 1.82) is 0 Å². The third-order valence-electron chi connectivity index (χ3n) is 8.29. The molecule has 4 fully saturated rings. The topological polar surface area (TPSA) is 17.1 Å². The molecule has 4 aliphatic carbocycles. The Hall–Kier alpha value is -0.330. The standard InChI is InChI=1S/C19H30O/c1-18-11-4-3-5-13(18)6-7-14-15-8-9-17(20)19(15,2)12-10-16(14)18/h13-16H,3-12H2,1-2H3/t13-,14+,15+,16-,18+,19-/m0/s1. The average molecular weight is 274 g/mol. The van der Waals surface area contributed by atoms with Gasteiger partial charge in [0.2, 0.25) is 0 Å². The van der Waals surface area contributed by atoms with Crippen LogP contribution in [0.2, 0.25) is 0 Å². The fourth-order valence-electron chi connectivity index (χ4n) is 7.07. The summed E-state index contributed by atoms with van der Waals surface area (Å²) in [5.74, 6) is 4.13. The lowest BCUT2D eigenvalue weighted by Crippen LogP contribution is -2.52. The Kier molecular flexibility index (Phi) is 2.89. The van der Waals surface area contributed by atoms with Gasteiger partial charge in [-0.15, -0.1) is 0 Å². The number of hydrogen-bond donors (Lipinski definition) is 0. The maximum Gasteiger partial charge on any atom is 0.139 e. The predicted molar refractivity (Wildman–Crippen MR) is 81.4 cm³/mol. The van der Waals surface area contributed by atoms with Crippen LogP contribution in [0.4, 0.5) is 0 Å². The number of carbonyl (C=O) groups excluding carboxylic acids is 1. The first-order valence-electron chi connectivity index (χ1n) is 9.09. The van der Waals surface area contributed by atoms with Gasteiger partial charge in [0.1, 0.15) is 5.78 Å². The molecule has 0 bridgehead atoms. The van der Waals surface area contributed by atoms with E-state index in [0.717, 1.165) is 30.1 Å². The van der Waals surface area contributed by atoms with Crippen LogP contribution in [-0.2, 0) is 4.79 Å². The van der Waals surface area contributed by atoms with Crippen LogP contribution in [0, 0.1) is 34.5 Å². The van der Waals surface area contributed by atoms with E-state index in [-0.39, 0.29) is 5.41 Å². The van der Waals surface area contributed by atoms with Crippen molar-refractivity contribution < 1.29 is 4.79 Å². The zero-order valence-electron chi connectivity index (χ0n) is 13.3. The lowest BCUT2D eigenvalue weighted by molar-refractivity contribution is -0.138. The maximum atomic E-state index is 12.4. The minimum atomic E-state index is 0.0685. The SMILES string of the molecule is C[C@@]12CCCC[C@H]1CC[C@@H]1[C@H]3CCC(=O)[C@@]3(C)CC[C@@H]12. The van der Waals surface area contributed by atoms with Crippen molar-refractivity contribution in [3.05, 3.63) is 0 Å². The van der Waals surface area contributed by atoms with Gasteiger partial charge in [-0.1, -0.05) is 26.7 Å². The third-order valence-corrected chi connectivity index (χ3v) is 8.29. The number of carbonyl (C=O) groups is 1. The highest BCUT2D eigenvalue weighted by Crippen LogP contribution is 2.65. The van der Waals surface area contributed by atoms with E-state index in [9.17, 15) is 4.79 Å². The molecular weight excluding hydrogens is 244 g/mol. The molecule has 6 atom stereocenters. The van der Waals surface area contributed by atoms with Gasteiger partial charge >= 0.3 is 0 Å². The van der Waals surface area contributed by atoms with Gasteiger partial charge in [-0.05, 0) is 74.0 Å². The second-order valence-corrected chi connectivity index (χ2v) is 8.82. The first-order chi connectivity index (χ1) is 9.56. The Morgan fingerprint density at radius 1 is 0.900 bits per heavy atom. The Balaban J connectivity index is 1.66. The van der Waals surface area contributed by atoms with Crippen LogP contribution in [0.25, 0.3) is 0 Å². The molecule has 0 saturated heterocycles. The molecule has 4 saturated carbocycles. The molecule has 0 N–H and O–H groups in total. The molecule has 0 aromatic carbocycles. The van der Waals surface area contributed by atoms with E-state index in [1.165, 1.54) is 57.8 Å². The maximum absolute atomic E-state index is 12.4. The van der Waals surface area contributed by atoms with Crippen LogP contribution in [0.1, 0.15) is 78.1 Å². The van der Waals surface area contributed by atoms with E-state index in [4.69, 9.17) is 0 Å². The summed E-state index contributed by atoms with van der Waals surface area (Å²) in [6.45, 7) is 4.92. The first kappa shape index (κ1) is 13.3. The normalized spacial score (nSPS) is 55.0. The highest BCUT2D eigenvalue weighted by atomic mass is 16.1. The Bertz CT molecular complexity index is 427. The predicted octanol–water partition coefficient (Wildman–Crippen LogP) is 4.99. The average Bonchev–Trinajstić information content (AvgIpc) is 2.74. The van der Waals surface area contributed by atoms with Crippen molar-refractivity contribution in [2.24, 2.45) is 34.5 Å². The van der Waals surface area contributed by atoms with Gasteiger partial charge < -0.3 is 0 Å². The van der Waals surface area contributed by atoms with Gasteiger partial charge in [0.05, 0.1) is 0 Å². The summed E-state index contributed by atoms with van der Waals surface area (Å²) < 4.78 is 0. The zero-order chi connectivity index (χ0) is 14.0. The van der Waals surface area contributed by atoms with Crippen molar-refractivity contribution in [3.8, 4) is 0 Å². The van der Waals surface area contributed by atoms with Gasteiger partial charge in [0.15, 0.2) is 0 Å². The number of rotatable bonds is 0. The van der Waals surface area contributed by atoms with Gasteiger partial charge in [-0.2, -0.15) is 0 Å². The third kappa shape index (κ3) is 1.58. The summed E-state index contributed by atoms with van der Waals surface area (Å²) in [4.78, 5) is 12.4. The molecule has 0 aromatic heterocycles. The summed E-state index contributed by atoms with van der Waals surface area (Å²) >= 11 is 0. The fourth-order valence-corrected chi connectivity index (χ4v) is 7.07.